The van der Waals surface area contributed by atoms with E-state index in [1.54, 1.807) is 11.8 Å². The molecule has 0 aromatic carbocycles. The summed E-state index contributed by atoms with van der Waals surface area (Å²) in [7, 11) is 0. The van der Waals surface area contributed by atoms with E-state index in [2.05, 4.69) is 5.32 Å². The number of rotatable bonds is 5. The number of nitrogens with two attached hydrogens (primary N) is 1. The van der Waals surface area contributed by atoms with Gasteiger partial charge in [0.05, 0.1) is 18.8 Å². The number of nitrogens with one attached hydrogen (secondary N) is 1. The molecule has 3 N–H and O–H groups in total. The molecule has 0 saturated carbocycles. The molecule has 0 saturated heterocycles. The van der Waals surface area contributed by atoms with Crippen molar-refractivity contribution in [2.45, 2.75) is 46.6 Å². The molecular formula is C19H25N3O4S. The van der Waals surface area contributed by atoms with Gasteiger partial charge in [0.15, 0.2) is 0 Å². The Morgan fingerprint density at radius 2 is 2.19 bits per heavy atom. The lowest BCUT2D eigenvalue weighted by molar-refractivity contribution is -0.116. The van der Waals surface area contributed by atoms with Crippen molar-refractivity contribution in [2.24, 2.45) is 0 Å². The molecule has 0 bridgehead atoms. The number of amides is 2. The van der Waals surface area contributed by atoms with Gasteiger partial charge in [0, 0.05) is 24.3 Å². The first-order chi connectivity index (χ1) is 12.9. The lowest BCUT2D eigenvalue weighted by atomic mass is 10.1. The van der Waals surface area contributed by atoms with E-state index < -0.39 is 0 Å². The predicted octanol–water partition coefficient (Wildman–Crippen LogP) is 3.63. The van der Waals surface area contributed by atoms with E-state index in [1.807, 2.05) is 19.9 Å². The van der Waals surface area contributed by atoms with Gasteiger partial charge < -0.3 is 25.1 Å². The molecule has 7 nitrogen and oxygen atoms in total. The third-order valence-corrected chi connectivity index (χ3v) is 5.84. The highest BCUT2D eigenvalue weighted by atomic mass is 32.1. The monoisotopic (exact) mass is 391 g/mol. The van der Waals surface area contributed by atoms with E-state index in [0.29, 0.717) is 49.6 Å². The molecular weight excluding hydrogens is 366 g/mol. The van der Waals surface area contributed by atoms with Crippen LogP contribution >= 0.6 is 11.3 Å². The van der Waals surface area contributed by atoms with E-state index in [4.69, 9.17) is 14.9 Å². The van der Waals surface area contributed by atoms with E-state index >= 15 is 0 Å². The standard InChI is InChI=1S/C19H25N3O4S/c1-4-25-19(24)22-8-7-14-15(10-22)27-18(17(14)20)21-16(23)6-5-13-9-11(2)12(3)26-13/h9H,4-8,10,20H2,1-3H3,(H,21,23). The van der Waals surface area contributed by atoms with Crippen LogP contribution in [0.5, 0.6) is 0 Å². The summed E-state index contributed by atoms with van der Waals surface area (Å²) < 4.78 is 10.7. The molecule has 3 heterocycles. The number of thiophene rings is 1. The Balaban J connectivity index is 1.61. The van der Waals surface area contributed by atoms with Crippen LogP contribution in [0.4, 0.5) is 15.5 Å². The fourth-order valence-electron chi connectivity index (χ4n) is 3.09. The first-order valence-electron chi connectivity index (χ1n) is 9.06. The van der Waals surface area contributed by atoms with Crippen LogP contribution in [0.3, 0.4) is 0 Å². The number of hydrogen-bond acceptors (Lipinski definition) is 6. The topological polar surface area (TPSA) is 97.8 Å². The Kier molecular flexibility index (Phi) is 5.74. The molecule has 0 spiro atoms. The maximum absolute atomic E-state index is 12.3. The van der Waals surface area contributed by atoms with E-state index in [9.17, 15) is 9.59 Å². The highest BCUT2D eigenvalue weighted by Crippen LogP contribution is 2.39. The van der Waals surface area contributed by atoms with Crippen molar-refractivity contribution >= 4 is 34.0 Å². The van der Waals surface area contributed by atoms with Gasteiger partial charge in [-0.3, -0.25) is 4.79 Å². The van der Waals surface area contributed by atoms with E-state index in [-0.39, 0.29) is 12.0 Å². The third kappa shape index (κ3) is 4.27. The number of carbonyl (C=O) groups is 2. The molecule has 3 rings (SSSR count). The SMILES string of the molecule is CCOC(=O)N1CCc2c(sc(NC(=O)CCc3cc(C)c(C)o3)c2N)C1. The number of hydrogen-bond donors (Lipinski definition) is 2. The fraction of sp³-hybridized carbons (Fsp3) is 0.474. The summed E-state index contributed by atoms with van der Waals surface area (Å²) in [6.07, 6.45) is 1.22. The molecule has 0 fully saturated rings. The van der Waals surface area contributed by atoms with Crippen LogP contribution in [-0.4, -0.2) is 30.1 Å². The number of nitrogen functional groups attached to an aromatic ring is 1. The minimum absolute atomic E-state index is 0.103. The van der Waals surface area contributed by atoms with Crippen LogP contribution in [0, 0.1) is 13.8 Å². The molecule has 0 aliphatic carbocycles. The van der Waals surface area contributed by atoms with Crippen molar-refractivity contribution in [3.63, 3.8) is 0 Å². The van der Waals surface area contributed by atoms with Gasteiger partial charge in [0.1, 0.15) is 16.5 Å². The molecule has 0 radical (unpaired) electrons. The van der Waals surface area contributed by atoms with Crippen molar-refractivity contribution in [1.82, 2.24) is 4.90 Å². The summed E-state index contributed by atoms with van der Waals surface area (Å²) in [5.41, 5.74) is 8.94. The van der Waals surface area contributed by atoms with E-state index in [1.165, 1.54) is 11.3 Å². The molecule has 146 valence electrons. The lowest BCUT2D eigenvalue weighted by Crippen LogP contribution is -2.35. The summed E-state index contributed by atoms with van der Waals surface area (Å²) in [6, 6.07) is 1.96. The Bertz CT molecular complexity index is 836. The molecule has 2 aromatic rings. The predicted molar refractivity (Wildman–Crippen MR) is 105 cm³/mol. The molecule has 0 unspecified atom stereocenters. The minimum Gasteiger partial charge on any atom is -0.466 e. The average molecular weight is 391 g/mol. The zero-order valence-corrected chi connectivity index (χ0v) is 16.7. The van der Waals surface area contributed by atoms with Crippen LogP contribution in [0.25, 0.3) is 0 Å². The number of furan rings is 1. The third-order valence-electron chi connectivity index (χ3n) is 4.69. The van der Waals surface area contributed by atoms with Crippen molar-refractivity contribution in [1.29, 1.82) is 0 Å². The Hall–Kier alpha value is -2.48. The van der Waals surface area contributed by atoms with Crippen molar-refractivity contribution < 1.29 is 18.7 Å². The first-order valence-corrected chi connectivity index (χ1v) is 9.88. The second-order valence-electron chi connectivity index (χ2n) is 6.62. The van der Waals surface area contributed by atoms with Gasteiger partial charge in [-0.1, -0.05) is 0 Å². The fourth-order valence-corrected chi connectivity index (χ4v) is 4.29. The smallest absolute Gasteiger partial charge is 0.410 e. The molecule has 2 aromatic heterocycles. The average Bonchev–Trinajstić information content (AvgIpc) is 3.12. The summed E-state index contributed by atoms with van der Waals surface area (Å²) >= 11 is 1.43. The first kappa shape index (κ1) is 19.3. The van der Waals surface area contributed by atoms with Gasteiger partial charge in [-0.05, 0) is 44.4 Å². The van der Waals surface area contributed by atoms with Gasteiger partial charge in [-0.2, -0.15) is 0 Å². The minimum atomic E-state index is -0.315. The van der Waals surface area contributed by atoms with Crippen molar-refractivity contribution in [3.05, 3.63) is 33.6 Å². The highest BCUT2D eigenvalue weighted by Gasteiger charge is 2.27. The molecule has 2 amide bonds. The van der Waals surface area contributed by atoms with Gasteiger partial charge >= 0.3 is 6.09 Å². The van der Waals surface area contributed by atoms with Crippen LogP contribution in [0.2, 0.25) is 0 Å². The second-order valence-corrected chi connectivity index (χ2v) is 7.72. The lowest BCUT2D eigenvalue weighted by Gasteiger charge is -2.26. The number of carbonyl (C=O) groups excluding carboxylic acids is 2. The molecule has 1 aliphatic heterocycles. The van der Waals surface area contributed by atoms with Gasteiger partial charge in [0.25, 0.3) is 0 Å². The normalized spacial score (nSPS) is 13.4. The zero-order chi connectivity index (χ0) is 19.6. The quantitative estimate of drug-likeness (QED) is 0.811. The maximum Gasteiger partial charge on any atom is 0.410 e. The van der Waals surface area contributed by atoms with Gasteiger partial charge in [0.2, 0.25) is 5.91 Å². The summed E-state index contributed by atoms with van der Waals surface area (Å²) in [5, 5.41) is 3.56. The molecule has 1 aliphatic rings. The van der Waals surface area contributed by atoms with E-state index in [0.717, 1.165) is 27.5 Å². The van der Waals surface area contributed by atoms with Crippen molar-refractivity contribution in [2.75, 3.05) is 24.2 Å². The maximum atomic E-state index is 12.3. The number of anilines is 2. The second kappa shape index (κ2) is 8.04. The van der Waals surface area contributed by atoms with Gasteiger partial charge in [-0.25, -0.2) is 4.79 Å². The largest absolute Gasteiger partial charge is 0.466 e. The molecule has 0 atom stereocenters. The highest BCUT2D eigenvalue weighted by molar-refractivity contribution is 7.17. The Morgan fingerprint density at radius 1 is 1.41 bits per heavy atom. The van der Waals surface area contributed by atoms with Crippen LogP contribution < -0.4 is 11.1 Å². The van der Waals surface area contributed by atoms with Crippen molar-refractivity contribution in [3.8, 4) is 0 Å². The summed E-state index contributed by atoms with van der Waals surface area (Å²) in [4.78, 5) is 26.9. The Labute approximate surface area is 162 Å². The number of fused-ring (bicyclic) bond motifs is 1. The van der Waals surface area contributed by atoms with Gasteiger partial charge in [-0.15, -0.1) is 11.3 Å². The molecule has 27 heavy (non-hydrogen) atoms. The Morgan fingerprint density at radius 3 is 2.85 bits per heavy atom. The summed E-state index contributed by atoms with van der Waals surface area (Å²) in [5.74, 6) is 1.59. The van der Waals surface area contributed by atoms with Crippen LogP contribution in [0.1, 0.15) is 40.9 Å². The number of ether oxygens (including phenoxy) is 1. The summed E-state index contributed by atoms with van der Waals surface area (Å²) in [6.45, 7) is 7.07. The number of aryl methyl sites for hydroxylation is 3. The van der Waals surface area contributed by atoms with Crippen LogP contribution in [-0.2, 0) is 28.9 Å². The molecule has 8 heteroatoms. The van der Waals surface area contributed by atoms with Crippen LogP contribution in [0.15, 0.2) is 10.5 Å². The number of nitrogens with zero attached hydrogens (tertiary/aromatic N) is 1. The zero-order valence-electron chi connectivity index (χ0n) is 15.9.